The van der Waals surface area contributed by atoms with E-state index in [1.807, 2.05) is 4.90 Å². The maximum absolute atomic E-state index is 13.5. The van der Waals surface area contributed by atoms with E-state index in [4.69, 9.17) is 0 Å². The fraction of sp³-hybridized carbons (Fsp3) is 0.429. The van der Waals surface area contributed by atoms with E-state index < -0.39 is 40.5 Å². The zero-order valence-electron chi connectivity index (χ0n) is 12.9. The summed E-state index contributed by atoms with van der Waals surface area (Å²) in [6.07, 6.45) is -4.99. The average Bonchev–Trinajstić information content (AvgIpc) is 3.15. The smallest absolute Gasteiger partial charge is 0.459 e. The highest BCUT2D eigenvalue weighted by Gasteiger charge is 2.64. The van der Waals surface area contributed by atoms with E-state index in [-0.39, 0.29) is 0 Å². The minimum absolute atomic E-state index is 0.297. The van der Waals surface area contributed by atoms with Crippen LogP contribution in [0.4, 0.5) is 27.0 Å². The van der Waals surface area contributed by atoms with Crippen molar-refractivity contribution in [1.29, 1.82) is 0 Å². The summed E-state index contributed by atoms with van der Waals surface area (Å²) < 4.78 is 76.1. The molecule has 5 nitrogen and oxygen atoms in total. The topological polar surface area (TPSA) is 65.0 Å². The van der Waals surface area contributed by atoms with E-state index in [1.165, 1.54) is 6.07 Å². The van der Waals surface area contributed by atoms with Gasteiger partial charge in [-0.05, 0) is 18.2 Å². The molecule has 2 aliphatic heterocycles. The van der Waals surface area contributed by atoms with Gasteiger partial charge in [0.1, 0.15) is 11.5 Å². The van der Waals surface area contributed by atoms with Crippen molar-refractivity contribution < 1.29 is 36.1 Å². The molecule has 3 rings (SSSR count). The van der Waals surface area contributed by atoms with E-state index >= 15 is 0 Å². The molecule has 1 aromatic heterocycles. The van der Waals surface area contributed by atoms with Crippen LogP contribution in [-0.4, -0.2) is 52.9 Å². The van der Waals surface area contributed by atoms with Crippen molar-refractivity contribution in [3.63, 3.8) is 0 Å². The summed E-state index contributed by atoms with van der Waals surface area (Å²) in [4.78, 5) is 17.8. The molecule has 0 unspecified atom stereocenters. The molecule has 142 valence electrons. The molecule has 3 heterocycles. The van der Waals surface area contributed by atoms with Gasteiger partial charge in [0.25, 0.3) is 0 Å². The third-order valence-corrected chi connectivity index (χ3v) is 6.11. The number of alkyl halides is 5. The van der Waals surface area contributed by atoms with Gasteiger partial charge in [-0.25, -0.2) is 4.79 Å². The molecular formula is C14H11F5N2O3S2. The van der Waals surface area contributed by atoms with Gasteiger partial charge in [0, 0.05) is 4.88 Å². The highest BCUT2D eigenvalue weighted by Crippen LogP contribution is 2.41. The van der Waals surface area contributed by atoms with Crippen LogP contribution >= 0.6 is 11.3 Å². The average molecular weight is 414 g/mol. The maximum atomic E-state index is 13.5. The van der Waals surface area contributed by atoms with Crippen LogP contribution in [0.5, 0.6) is 0 Å². The number of rotatable bonds is 3. The van der Waals surface area contributed by atoms with Gasteiger partial charge in [-0.3, -0.25) is 0 Å². The Kier molecular flexibility index (Phi) is 5.01. The quantitative estimate of drug-likeness (QED) is 0.330. The fourth-order valence-electron chi connectivity index (χ4n) is 2.36. The Morgan fingerprint density at radius 3 is 2.50 bits per heavy atom. The van der Waals surface area contributed by atoms with Crippen molar-refractivity contribution in [3.05, 3.63) is 22.6 Å². The monoisotopic (exact) mass is 414 g/mol. The van der Waals surface area contributed by atoms with E-state index in [2.05, 4.69) is 9.99 Å². The second kappa shape index (κ2) is 6.82. The van der Waals surface area contributed by atoms with Gasteiger partial charge in [0.15, 0.2) is 5.71 Å². The number of halogens is 5. The summed E-state index contributed by atoms with van der Waals surface area (Å²) in [6.45, 7) is 1.09. The largest absolute Gasteiger partial charge is 0.616 e. The number of anilines is 1. The zero-order chi connectivity index (χ0) is 19.1. The minimum atomic E-state index is -5.90. The van der Waals surface area contributed by atoms with Gasteiger partial charge in [0.2, 0.25) is 0 Å². The van der Waals surface area contributed by atoms with Crippen molar-refractivity contribution >= 4 is 45.3 Å². The first kappa shape index (κ1) is 19.1. The van der Waals surface area contributed by atoms with E-state index in [9.17, 15) is 31.3 Å². The normalized spacial score (nSPS) is 21.3. The molecule has 0 aromatic carbocycles. The van der Waals surface area contributed by atoms with Gasteiger partial charge >= 0.3 is 18.1 Å². The van der Waals surface area contributed by atoms with E-state index in [0.29, 0.717) is 29.5 Å². The van der Waals surface area contributed by atoms with Crippen LogP contribution in [0, 0.1) is 0 Å². The molecule has 1 saturated heterocycles. The molecule has 0 spiro atoms. The number of hydrogen-bond acceptors (Lipinski definition) is 6. The summed E-state index contributed by atoms with van der Waals surface area (Å²) in [5.41, 5.74) is -2.68. The summed E-state index contributed by atoms with van der Waals surface area (Å²) in [5.74, 6) is -5.68. The first-order chi connectivity index (χ1) is 12.1. The molecule has 0 bridgehead atoms. The molecule has 12 heteroatoms. The zero-order valence-corrected chi connectivity index (χ0v) is 14.5. The molecule has 0 aliphatic carbocycles. The Hall–Kier alpha value is -1.66. The van der Waals surface area contributed by atoms with Crippen LogP contribution in [0.25, 0.3) is 6.08 Å². The Bertz CT molecular complexity index is 767. The number of carbonyl (C=O) groups is 1. The van der Waals surface area contributed by atoms with Crippen LogP contribution in [0.15, 0.2) is 22.9 Å². The van der Waals surface area contributed by atoms with E-state index in [0.717, 1.165) is 22.4 Å². The van der Waals surface area contributed by atoms with Crippen LogP contribution in [0.2, 0.25) is 0 Å². The molecule has 26 heavy (non-hydrogen) atoms. The van der Waals surface area contributed by atoms with Gasteiger partial charge in [-0.2, -0.15) is 22.0 Å². The van der Waals surface area contributed by atoms with Crippen molar-refractivity contribution in [3.8, 4) is 0 Å². The van der Waals surface area contributed by atoms with Gasteiger partial charge in [-0.1, -0.05) is 16.3 Å². The lowest BCUT2D eigenvalue weighted by Crippen LogP contribution is -2.44. The molecule has 0 amide bonds. The van der Waals surface area contributed by atoms with Crippen molar-refractivity contribution in [2.45, 2.75) is 12.1 Å². The lowest BCUT2D eigenvalue weighted by Gasteiger charge is -2.28. The molecule has 1 fully saturated rings. The van der Waals surface area contributed by atoms with Gasteiger partial charge < -0.3 is 14.3 Å². The summed E-state index contributed by atoms with van der Waals surface area (Å²) >= 11 is 0.236. The fourth-order valence-corrected chi connectivity index (χ4v) is 4.41. The number of thiophene rings is 1. The number of nitrogens with zero attached hydrogens (tertiary/aromatic N) is 2. The Morgan fingerprint density at radius 1 is 1.23 bits per heavy atom. The highest BCUT2D eigenvalue weighted by molar-refractivity contribution is 7.91. The molecule has 1 aromatic rings. The SMILES string of the molecule is O=C1ON=C(C(F)(F)C(F)(F)F)/C1=C/c1ccc(N2CC[S+]([O-])CC2)s1. The summed E-state index contributed by atoms with van der Waals surface area (Å²) in [7, 11) is 0. The number of hydrogen-bond donors (Lipinski definition) is 0. The van der Waals surface area contributed by atoms with E-state index in [1.54, 1.807) is 6.07 Å². The predicted octanol–water partition coefficient (Wildman–Crippen LogP) is 2.81. The first-order valence-corrected chi connectivity index (χ1v) is 9.56. The van der Waals surface area contributed by atoms with Crippen LogP contribution in [0.1, 0.15) is 4.88 Å². The van der Waals surface area contributed by atoms with Gasteiger partial charge in [0.05, 0.1) is 23.7 Å². The maximum Gasteiger partial charge on any atom is 0.459 e. The predicted molar refractivity (Wildman–Crippen MR) is 86.9 cm³/mol. The lowest BCUT2D eigenvalue weighted by atomic mass is 10.0. The Morgan fingerprint density at radius 2 is 1.88 bits per heavy atom. The van der Waals surface area contributed by atoms with Crippen molar-refractivity contribution in [2.24, 2.45) is 5.16 Å². The van der Waals surface area contributed by atoms with Crippen LogP contribution < -0.4 is 4.90 Å². The molecule has 0 N–H and O–H groups in total. The van der Waals surface area contributed by atoms with Crippen molar-refractivity contribution in [2.75, 3.05) is 29.5 Å². The second-order valence-corrected chi connectivity index (χ2v) is 8.25. The van der Waals surface area contributed by atoms with Crippen molar-refractivity contribution in [1.82, 2.24) is 0 Å². The summed E-state index contributed by atoms with van der Waals surface area (Å²) in [6, 6.07) is 3.15. The third-order valence-electron chi connectivity index (χ3n) is 3.74. The van der Waals surface area contributed by atoms with Crippen LogP contribution in [0.3, 0.4) is 0 Å². The number of carbonyl (C=O) groups excluding carboxylic acids is 1. The third kappa shape index (κ3) is 3.58. The number of oxime groups is 1. The first-order valence-electron chi connectivity index (χ1n) is 7.26. The second-order valence-electron chi connectivity index (χ2n) is 5.46. The summed E-state index contributed by atoms with van der Waals surface area (Å²) in [5, 5.41) is 3.36. The lowest BCUT2D eigenvalue weighted by molar-refractivity contribution is -0.249. The Labute approximate surface area is 151 Å². The molecule has 0 atom stereocenters. The Balaban J connectivity index is 1.85. The van der Waals surface area contributed by atoms with Crippen LogP contribution in [-0.2, 0) is 20.8 Å². The van der Waals surface area contributed by atoms with Gasteiger partial charge in [-0.15, -0.1) is 11.3 Å². The standard InChI is InChI=1S/C14H11F5N2O3S2/c15-13(16,14(17,18)19)11-9(12(22)24-20-11)7-8-1-2-10(25-8)21-3-5-26(23)6-4-21/h1-2,7H,3-6H2/b9-7-. The highest BCUT2D eigenvalue weighted by atomic mass is 32.2. The minimum Gasteiger partial charge on any atom is -0.616 e. The molecule has 0 radical (unpaired) electrons. The molecular weight excluding hydrogens is 403 g/mol. The molecule has 0 saturated carbocycles. The molecule has 2 aliphatic rings.